The average molecular weight is 246 g/mol. The molecule has 2 rings (SSSR count). The third-order valence-corrected chi connectivity index (χ3v) is 4.14. The minimum absolute atomic E-state index is 0.495. The quantitative estimate of drug-likeness (QED) is 0.878. The molecule has 100 valence electrons. The van der Waals surface area contributed by atoms with Gasteiger partial charge in [0.15, 0.2) is 0 Å². The second kappa shape index (κ2) is 6.35. The van der Waals surface area contributed by atoms with Crippen molar-refractivity contribution in [1.82, 2.24) is 10.2 Å². The lowest BCUT2D eigenvalue weighted by Crippen LogP contribution is -2.43. The van der Waals surface area contributed by atoms with Crippen LogP contribution in [0.3, 0.4) is 0 Å². The second-order valence-electron chi connectivity index (χ2n) is 5.67. The van der Waals surface area contributed by atoms with Crippen molar-refractivity contribution in [3.05, 3.63) is 35.4 Å². The van der Waals surface area contributed by atoms with Gasteiger partial charge >= 0.3 is 0 Å². The fourth-order valence-electron chi connectivity index (χ4n) is 2.69. The van der Waals surface area contributed by atoms with E-state index >= 15 is 0 Å². The average Bonchev–Trinajstić information content (AvgIpc) is 2.40. The number of rotatable bonds is 4. The van der Waals surface area contributed by atoms with Crippen molar-refractivity contribution in [1.29, 1.82) is 0 Å². The Bertz CT molecular complexity index is 352. The van der Waals surface area contributed by atoms with Crippen LogP contribution in [0.15, 0.2) is 24.3 Å². The van der Waals surface area contributed by atoms with Gasteiger partial charge in [-0.05, 0) is 45.8 Å². The minimum atomic E-state index is 0.495. The number of nitrogens with one attached hydrogen (secondary N) is 1. The first-order valence-electron chi connectivity index (χ1n) is 7.17. The second-order valence-corrected chi connectivity index (χ2v) is 5.67. The van der Waals surface area contributed by atoms with Gasteiger partial charge in [0.05, 0.1) is 0 Å². The Morgan fingerprint density at radius 1 is 1.28 bits per heavy atom. The molecule has 0 saturated carbocycles. The highest BCUT2D eigenvalue weighted by Gasteiger charge is 2.18. The van der Waals surface area contributed by atoms with Crippen LogP contribution in [0.25, 0.3) is 0 Å². The summed E-state index contributed by atoms with van der Waals surface area (Å²) < 4.78 is 0. The summed E-state index contributed by atoms with van der Waals surface area (Å²) in [5, 5.41) is 3.62. The number of aryl methyl sites for hydroxylation is 1. The summed E-state index contributed by atoms with van der Waals surface area (Å²) >= 11 is 0. The van der Waals surface area contributed by atoms with Gasteiger partial charge < -0.3 is 5.32 Å². The molecule has 1 saturated heterocycles. The lowest BCUT2D eigenvalue weighted by atomic mass is 10.0. The molecule has 0 radical (unpaired) electrons. The van der Waals surface area contributed by atoms with Crippen molar-refractivity contribution in [3.8, 4) is 0 Å². The summed E-state index contributed by atoms with van der Waals surface area (Å²) in [5.74, 6) is 0. The van der Waals surface area contributed by atoms with E-state index in [2.05, 4.69) is 55.4 Å². The van der Waals surface area contributed by atoms with Gasteiger partial charge in [0.25, 0.3) is 0 Å². The van der Waals surface area contributed by atoms with E-state index in [1.165, 1.54) is 36.9 Å². The van der Waals surface area contributed by atoms with Crippen molar-refractivity contribution in [3.63, 3.8) is 0 Å². The lowest BCUT2D eigenvalue weighted by molar-refractivity contribution is 0.214. The van der Waals surface area contributed by atoms with E-state index in [9.17, 15) is 0 Å². The number of likely N-dealkylation sites (N-methyl/N-ethyl adjacent to an activating group) is 1. The van der Waals surface area contributed by atoms with E-state index in [0.717, 1.165) is 6.54 Å². The lowest BCUT2D eigenvalue weighted by Gasteiger charge is -2.32. The van der Waals surface area contributed by atoms with Crippen LogP contribution in [0, 0.1) is 6.92 Å². The van der Waals surface area contributed by atoms with Gasteiger partial charge in [0.1, 0.15) is 0 Å². The third-order valence-electron chi connectivity index (χ3n) is 4.14. The zero-order valence-corrected chi connectivity index (χ0v) is 11.9. The maximum Gasteiger partial charge on any atom is 0.0317 e. The van der Waals surface area contributed by atoms with Crippen LogP contribution in [0.5, 0.6) is 0 Å². The van der Waals surface area contributed by atoms with Crippen molar-refractivity contribution in [2.45, 2.75) is 45.2 Å². The number of hydrogen-bond donors (Lipinski definition) is 1. The Morgan fingerprint density at radius 2 is 2.00 bits per heavy atom. The van der Waals surface area contributed by atoms with Crippen molar-refractivity contribution >= 4 is 0 Å². The van der Waals surface area contributed by atoms with Crippen LogP contribution in [0.1, 0.15) is 43.4 Å². The van der Waals surface area contributed by atoms with Gasteiger partial charge in [0.2, 0.25) is 0 Å². The van der Waals surface area contributed by atoms with E-state index in [-0.39, 0.29) is 0 Å². The molecule has 1 aliphatic rings. The molecule has 1 fully saturated rings. The monoisotopic (exact) mass is 246 g/mol. The van der Waals surface area contributed by atoms with Crippen LogP contribution in [-0.2, 0) is 0 Å². The van der Waals surface area contributed by atoms with E-state index in [1.807, 2.05) is 0 Å². The van der Waals surface area contributed by atoms with Gasteiger partial charge in [-0.25, -0.2) is 0 Å². The summed E-state index contributed by atoms with van der Waals surface area (Å²) in [6.07, 6.45) is 4.04. The molecule has 1 heterocycles. The molecule has 0 spiro atoms. The summed E-state index contributed by atoms with van der Waals surface area (Å²) in [7, 11) is 2.24. The van der Waals surface area contributed by atoms with Crippen LogP contribution in [-0.4, -0.2) is 31.1 Å². The van der Waals surface area contributed by atoms with Gasteiger partial charge in [-0.15, -0.1) is 0 Å². The molecule has 1 N–H and O–H groups in total. The first-order chi connectivity index (χ1) is 8.66. The highest BCUT2D eigenvalue weighted by atomic mass is 15.1. The predicted octanol–water partition coefficient (Wildman–Crippen LogP) is 3.13. The Morgan fingerprint density at radius 3 is 2.61 bits per heavy atom. The summed E-state index contributed by atoms with van der Waals surface area (Å²) in [4.78, 5) is 2.47. The molecule has 1 aliphatic heterocycles. The number of nitrogens with zero attached hydrogens (tertiary/aromatic N) is 1. The number of piperidine rings is 1. The molecule has 0 aliphatic carbocycles. The molecule has 2 unspecified atom stereocenters. The van der Waals surface area contributed by atoms with Crippen molar-refractivity contribution < 1.29 is 0 Å². The fourth-order valence-corrected chi connectivity index (χ4v) is 2.69. The number of benzene rings is 1. The topological polar surface area (TPSA) is 15.3 Å². The minimum Gasteiger partial charge on any atom is -0.313 e. The Kier molecular flexibility index (Phi) is 4.79. The summed E-state index contributed by atoms with van der Waals surface area (Å²) in [5.41, 5.74) is 2.75. The first-order valence-corrected chi connectivity index (χ1v) is 7.17. The zero-order valence-electron chi connectivity index (χ0n) is 11.9. The molecule has 0 aromatic heterocycles. The largest absolute Gasteiger partial charge is 0.313 e. The zero-order chi connectivity index (χ0) is 13.0. The van der Waals surface area contributed by atoms with Gasteiger partial charge in [0, 0.05) is 18.6 Å². The summed E-state index contributed by atoms with van der Waals surface area (Å²) in [6, 6.07) is 10.1. The Balaban J connectivity index is 1.91. The van der Waals surface area contributed by atoms with E-state index in [1.54, 1.807) is 0 Å². The van der Waals surface area contributed by atoms with Crippen LogP contribution >= 0.6 is 0 Å². The Labute approximate surface area is 111 Å². The first kappa shape index (κ1) is 13.6. The summed E-state index contributed by atoms with van der Waals surface area (Å²) in [6.45, 7) is 6.78. The van der Waals surface area contributed by atoms with Gasteiger partial charge in [-0.3, -0.25) is 4.90 Å². The number of hydrogen-bond acceptors (Lipinski definition) is 2. The molecule has 1 aromatic carbocycles. The standard InChI is InChI=1S/C16H26N2/c1-13-7-9-15(10-8-13)14(2)18(3)12-16-6-4-5-11-17-16/h7-10,14,16-17H,4-6,11-12H2,1-3H3. The van der Waals surface area contributed by atoms with Gasteiger partial charge in [-0.2, -0.15) is 0 Å². The highest BCUT2D eigenvalue weighted by Crippen LogP contribution is 2.20. The van der Waals surface area contributed by atoms with E-state index in [0.29, 0.717) is 12.1 Å². The molecule has 0 bridgehead atoms. The molecular weight excluding hydrogens is 220 g/mol. The van der Waals surface area contributed by atoms with Gasteiger partial charge in [-0.1, -0.05) is 36.2 Å². The smallest absolute Gasteiger partial charge is 0.0317 e. The highest BCUT2D eigenvalue weighted by molar-refractivity contribution is 5.23. The normalized spacial score (nSPS) is 22.1. The van der Waals surface area contributed by atoms with E-state index in [4.69, 9.17) is 0 Å². The Hall–Kier alpha value is -0.860. The van der Waals surface area contributed by atoms with E-state index < -0.39 is 0 Å². The van der Waals surface area contributed by atoms with Crippen LogP contribution in [0.4, 0.5) is 0 Å². The molecule has 2 heteroatoms. The van der Waals surface area contributed by atoms with Crippen molar-refractivity contribution in [2.75, 3.05) is 20.1 Å². The van der Waals surface area contributed by atoms with Crippen molar-refractivity contribution in [2.24, 2.45) is 0 Å². The fraction of sp³-hybridized carbons (Fsp3) is 0.625. The predicted molar refractivity (Wildman–Crippen MR) is 77.9 cm³/mol. The van der Waals surface area contributed by atoms with Crippen LogP contribution < -0.4 is 5.32 Å². The molecule has 2 nitrogen and oxygen atoms in total. The SMILES string of the molecule is Cc1ccc(C(C)N(C)CC2CCCCN2)cc1. The molecule has 18 heavy (non-hydrogen) atoms. The van der Waals surface area contributed by atoms with Crippen LogP contribution in [0.2, 0.25) is 0 Å². The maximum atomic E-state index is 3.62. The molecular formula is C16H26N2. The molecule has 1 aromatic rings. The maximum absolute atomic E-state index is 3.62. The molecule has 0 amide bonds. The third kappa shape index (κ3) is 3.56. The molecule has 2 atom stereocenters.